The molecule has 30 heavy (non-hydrogen) atoms. The first kappa shape index (κ1) is 22.2. The van der Waals surface area contributed by atoms with Gasteiger partial charge in [-0.05, 0) is 38.8 Å². The molecule has 0 spiro atoms. The Kier molecular flexibility index (Phi) is 7.07. The lowest BCUT2D eigenvalue weighted by Crippen LogP contribution is -2.51. The van der Waals surface area contributed by atoms with Gasteiger partial charge in [0.1, 0.15) is 0 Å². The third-order valence-corrected chi connectivity index (χ3v) is 5.80. The van der Waals surface area contributed by atoms with Crippen molar-refractivity contribution in [1.29, 1.82) is 0 Å². The number of ether oxygens (including phenoxy) is 4. The Labute approximate surface area is 178 Å². The molecule has 2 saturated heterocycles. The second kappa shape index (κ2) is 9.55. The van der Waals surface area contributed by atoms with Gasteiger partial charge >= 0.3 is 0 Å². The zero-order valence-corrected chi connectivity index (χ0v) is 18.5. The number of nitrogens with zero attached hydrogens (tertiary/aromatic N) is 2. The molecule has 3 rings (SSSR count). The summed E-state index contributed by atoms with van der Waals surface area (Å²) in [5, 5.41) is 0. The highest BCUT2D eigenvalue weighted by molar-refractivity contribution is 5.98. The Bertz CT molecular complexity index is 765. The number of carbonyl (C=O) groups excluding carboxylic acids is 2. The number of rotatable bonds is 5. The number of piperidine rings is 1. The van der Waals surface area contributed by atoms with Gasteiger partial charge in [0.15, 0.2) is 11.5 Å². The van der Waals surface area contributed by atoms with Crippen LogP contribution in [0.1, 0.15) is 37.0 Å². The SMILES string of the molecule is COc1ccc(C(=O)N2CCC(C(=O)N3CC(C)OC(C)C3)CC2)c(OC)c1OC. The lowest BCUT2D eigenvalue weighted by Gasteiger charge is -2.39. The summed E-state index contributed by atoms with van der Waals surface area (Å²) in [6, 6.07) is 3.39. The molecule has 0 radical (unpaired) electrons. The summed E-state index contributed by atoms with van der Waals surface area (Å²) in [5.41, 5.74) is 0.427. The third-order valence-electron chi connectivity index (χ3n) is 5.80. The van der Waals surface area contributed by atoms with E-state index in [9.17, 15) is 9.59 Å². The van der Waals surface area contributed by atoms with Gasteiger partial charge < -0.3 is 28.7 Å². The number of benzene rings is 1. The molecule has 0 aliphatic carbocycles. The second-order valence-electron chi connectivity index (χ2n) is 7.95. The van der Waals surface area contributed by atoms with Crippen molar-refractivity contribution >= 4 is 11.8 Å². The van der Waals surface area contributed by atoms with Crippen molar-refractivity contribution in [2.45, 2.75) is 38.9 Å². The maximum Gasteiger partial charge on any atom is 0.257 e. The summed E-state index contributed by atoms with van der Waals surface area (Å²) in [7, 11) is 4.55. The minimum atomic E-state index is -0.132. The molecular formula is C22H32N2O6. The Morgan fingerprint density at radius 2 is 1.50 bits per heavy atom. The summed E-state index contributed by atoms with van der Waals surface area (Å²) in [4.78, 5) is 29.8. The van der Waals surface area contributed by atoms with Crippen molar-refractivity contribution < 1.29 is 28.5 Å². The lowest BCUT2D eigenvalue weighted by atomic mass is 9.94. The molecule has 166 valence electrons. The average molecular weight is 421 g/mol. The van der Waals surface area contributed by atoms with E-state index in [0.717, 1.165) is 0 Å². The van der Waals surface area contributed by atoms with Gasteiger partial charge in [0, 0.05) is 32.1 Å². The van der Waals surface area contributed by atoms with Crippen LogP contribution in [0.2, 0.25) is 0 Å². The Morgan fingerprint density at radius 1 is 0.900 bits per heavy atom. The number of hydrogen-bond donors (Lipinski definition) is 0. The molecule has 8 nitrogen and oxygen atoms in total. The quantitative estimate of drug-likeness (QED) is 0.727. The largest absolute Gasteiger partial charge is 0.493 e. The number of hydrogen-bond acceptors (Lipinski definition) is 6. The maximum atomic E-state index is 13.1. The summed E-state index contributed by atoms with van der Waals surface area (Å²) in [6.45, 7) is 6.31. The first-order chi connectivity index (χ1) is 14.4. The number of methoxy groups -OCH3 is 3. The van der Waals surface area contributed by atoms with Crippen LogP contribution in [0.15, 0.2) is 12.1 Å². The van der Waals surface area contributed by atoms with Gasteiger partial charge in [-0.25, -0.2) is 0 Å². The standard InChI is InChI=1S/C22H32N2O6/c1-14-12-24(13-15(2)30-14)21(25)16-8-10-23(11-9-16)22(26)17-6-7-18(27-3)20(29-5)19(17)28-4/h6-7,14-16H,8-13H2,1-5H3. The predicted octanol–water partition coefficient (Wildman–Crippen LogP) is 2.20. The van der Waals surface area contributed by atoms with Gasteiger partial charge in [-0.2, -0.15) is 0 Å². The van der Waals surface area contributed by atoms with E-state index < -0.39 is 0 Å². The van der Waals surface area contributed by atoms with E-state index in [1.165, 1.54) is 21.3 Å². The summed E-state index contributed by atoms with van der Waals surface area (Å²) >= 11 is 0. The zero-order chi connectivity index (χ0) is 21.8. The highest BCUT2D eigenvalue weighted by Gasteiger charge is 2.34. The van der Waals surface area contributed by atoms with Gasteiger partial charge in [0.25, 0.3) is 5.91 Å². The fraction of sp³-hybridized carbons (Fsp3) is 0.636. The van der Waals surface area contributed by atoms with E-state index in [0.29, 0.717) is 61.8 Å². The first-order valence-electron chi connectivity index (χ1n) is 10.4. The van der Waals surface area contributed by atoms with Crippen LogP contribution in [0.5, 0.6) is 17.2 Å². The molecule has 2 amide bonds. The normalized spacial score (nSPS) is 22.6. The van der Waals surface area contributed by atoms with Gasteiger partial charge in [0.05, 0.1) is 39.1 Å². The molecule has 0 saturated carbocycles. The molecule has 2 aliphatic rings. The minimum absolute atomic E-state index is 0.0527. The van der Waals surface area contributed by atoms with E-state index >= 15 is 0 Å². The van der Waals surface area contributed by atoms with Crippen LogP contribution in [0.25, 0.3) is 0 Å². The van der Waals surface area contributed by atoms with Crippen molar-refractivity contribution in [2.24, 2.45) is 5.92 Å². The molecule has 0 N–H and O–H groups in total. The lowest BCUT2D eigenvalue weighted by molar-refractivity contribution is -0.148. The van der Waals surface area contributed by atoms with E-state index in [2.05, 4.69) is 0 Å². The number of carbonyl (C=O) groups is 2. The number of morpholine rings is 1. The molecule has 2 heterocycles. The maximum absolute atomic E-state index is 13.1. The van der Waals surface area contributed by atoms with Crippen LogP contribution < -0.4 is 14.2 Å². The summed E-state index contributed by atoms with van der Waals surface area (Å²) in [5.74, 6) is 1.24. The summed E-state index contributed by atoms with van der Waals surface area (Å²) in [6.07, 6.45) is 1.41. The van der Waals surface area contributed by atoms with Gasteiger partial charge in [0.2, 0.25) is 11.7 Å². The zero-order valence-electron chi connectivity index (χ0n) is 18.5. The van der Waals surface area contributed by atoms with Crippen molar-refractivity contribution in [1.82, 2.24) is 9.80 Å². The van der Waals surface area contributed by atoms with Crippen LogP contribution in [-0.4, -0.2) is 81.3 Å². The molecule has 1 aromatic carbocycles. The molecule has 2 unspecified atom stereocenters. The minimum Gasteiger partial charge on any atom is -0.493 e. The van der Waals surface area contributed by atoms with E-state index in [4.69, 9.17) is 18.9 Å². The Hall–Kier alpha value is -2.48. The highest BCUT2D eigenvalue weighted by Crippen LogP contribution is 2.40. The van der Waals surface area contributed by atoms with Crippen LogP contribution in [-0.2, 0) is 9.53 Å². The van der Waals surface area contributed by atoms with Crippen LogP contribution in [0.4, 0.5) is 0 Å². The van der Waals surface area contributed by atoms with E-state index in [1.807, 2.05) is 18.7 Å². The van der Waals surface area contributed by atoms with Crippen LogP contribution in [0, 0.1) is 5.92 Å². The molecule has 2 fully saturated rings. The van der Waals surface area contributed by atoms with E-state index in [1.54, 1.807) is 17.0 Å². The second-order valence-corrected chi connectivity index (χ2v) is 7.95. The first-order valence-corrected chi connectivity index (χ1v) is 10.4. The third kappa shape index (κ3) is 4.48. The van der Waals surface area contributed by atoms with E-state index in [-0.39, 0.29) is 29.9 Å². The van der Waals surface area contributed by atoms with Crippen LogP contribution >= 0.6 is 0 Å². The molecule has 1 aromatic rings. The fourth-order valence-corrected chi connectivity index (χ4v) is 4.39. The molecule has 2 aliphatic heterocycles. The van der Waals surface area contributed by atoms with Gasteiger partial charge in [-0.1, -0.05) is 0 Å². The predicted molar refractivity (Wildman–Crippen MR) is 111 cm³/mol. The van der Waals surface area contributed by atoms with Crippen molar-refractivity contribution in [3.05, 3.63) is 17.7 Å². The summed E-state index contributed by atoms with van der Waals surface area (Å²) < 4.78 is 21.9. The average Bonchev–Trinajstić information content (AvgIpc) is 2.76. The monoisotopic (exact) mass is 420 g/mol. The van der Waals surface area contributed by atoms with Gasteiger partial charge in [-0.3, -0.25) is 9.59 Å². The van der Waals surface area contributed by atoms with Crippen molar-refractivity contribution in [3.63, 3.8) is 0 Å². The number of likely N-dealkylation sites (tertiary alicyclic amines) is 1. The van der Waals surface area contributed by atoms with Gasteiger partial charge in [-0.15, -0.1) is 0 Å². The molecule has 0 bridgehead atoms. The number of amides is 2. The highest BCUT2D eigenvalue weighted by atomic mass is 16.5. The molecule has 8 heteroatoms. The molecule has 2 atom stereocenters. The van der Waals surface area contributed by atoms with Crippen molar-refractivity contribution in [2.75, 3.05) is 47.5 Å². The molecular weight excluding hydrogens is 388 g/mol. The molecule has 0 aromatic heterocycles. The topological polar surface area (TPSA) is 77.5 Å². The van der Waals surface area contributed by atoms with Crippen molar-refractivity contribution in [3.8, 4) is 17.2 Å². The Morgan fingerprint density at radius 3 is 2.03 bits per heavy atom. The van der Waals surface area contributed by atoms with Crippen LogP contribution in [0.3, 0.4) is 0 Å². The Balaban J connectivity index is 1.66. The smallest absolute Gasteiger partial charge is 0.257 e. The fourth-order valence-electron chi connectivity index (χ4n) is 4.39.